The average molecular weight is 299 g/mol. The zero-order valence-corrected chi connectivity index (χ0v) is 11.3. The first-order valence-corrected chi connectivity index (χ1v) is 6.03. The Kier molecular flexibility index (Phi) is 4.49. The minimum Gasteiger partial charge on any atom is -0.461 e. The van der Waals surface area contributed by atoms with Gasteiger partial charge in [0, 0.05) is 0 Å². The molecule has 8 nitrogen and oxygen atoms in total. The van der Waals surface area contributed by atoms with Crippen LogP contribution in [0.2, 0.25) is 5.15 Å². The van der Waals surface area contributed by atoms with E-state index in [2.05, 4.69) is 19.9 Å². The molecule has 0 spiro atoms. The molecular weight excluding hydrogens is 288 g/mol. The van der Waals surface area contributed by atoms with Gasteiger partial charge in [-0.15, -0.1) is 5.10 Å². The van der Waals surface area contributed by atoms with E-state index in [1.54, 1.807) is 19.1 Å². The molecule has 0 aliphatic heterocycles. The van der Waals surface area contributed by atoms with Gasteiger partial charge in [-0.05, 0) is 19.1 Å². The molecular formula is C11H11ClN4O4. The molecule has 0 aliphatic rings. The molecule has 2 aromatic rings. The standard InChI is InChI=1S/C11H11ClN4O4/c1-2-18-11(17)8-4-3-7-10(12)14-9(15-16(7)8)5-19-20-6-13/h3-4,6,13H,2,5H2,1H3. The lowest BCUT2D eigenvalue weighted by molar-refractivity contribution is -0.229. The molecule has 0 radical (unpaired) electrons. The molecule has 0 aromatic carbocycles. The van der Waals surface area contributed by atoms with Crippen LogP contribution in [0.25, 0.3) is 5.52 Å². The first-order valence-electron chi connectivity index (χ1n) is 5.66. The molecule has 2 rings (SSSR count). The quantitative estimate of drug-likeness (QED) is 0.217. The van der Waals surface area contributed by atoms with Gasteiger partial charge >= 0.3 is 5.97 Å². The highest BCUT2D eigenvalue weighted by Crippen LogP contribution is 2.18. The maximum Gasteiger partial charge on any atom is 0.356 e. The Hall–Kier alpha value is -2.19. The predicted octanol–water partition coefficient (Wildman–Crippen LogP) is 1.61. The maximum atomic E-state index is 11.8. The van der Waals surface area contributed by atoms with E-state index in [9.17, 15) is 4.79 Å². The van der Waals surface area contributed by atoms with Gasteiger partial charge in [-0.2, -0.15) is 4.89 Å². The Balaban J connectivity index is 2.36. The smallest absolute Gasteiger partial charge is 0.356 e. The van der Waals surface area contributed by atoms with E-state index in [1.807, 2.05) is 0 Å². The number of hydrogen-bond acceptors (Lipinski definition) is 7. The third kappa shape index (κ3) is 2.86. The Bertz CT molecular complexity index is 643. The van der Waals surface area contributed by atoms with Crippen LogP contribution >= 0.6 is 11.6 Å². The molecule has 0 saturated heterocycles. The van der Waals surface area contributed by atoms with Crippen LogP contribution in [0.5, 0.6) is 0 Å². The van der Waals surface area contributed by atoms with Crippen LogP contribution in [0, 0.1) is 5.41 Å². The summed E-state index contributed by atoms with van der Waals surface area (Å²) < 4.78 is 6.25. The molecule has 0 amide bonds. The van der Waals surface area contributed by atoms with E-state index in [-0.39, 0.29) is 29.9 Å². The lowest BCUT2D eigenvalue weighted by Gasteiger charge is -2.05. The van der Waals surface area contributed by atoms with E-state index in [0.717, 1.165) is 0 Å². The molecule has 2 heterocycles. The molecule has 0 saturated carbocycles. The van der Waals surface area contributed by atoms with Crippen LogP contribution in [0.15, 0.2) is 12.1 Å². The summed E-state index contributed by atoms with van der Waals surface area (Å²) in [5.41, 5.74) is 0.715. The highest BCUT2D eigenvalue weighted by Gasteiger charge is 2.16. The van der Waals surface area contributed by atoms with Gasteiger partial charge in [-0.1, -0.05) is 11.6 Å². The number of nitrogens with one attached hydrogen (secondary N) is 1. The number of esters is 1. The number of fused-ring (bicyclic) bond motifs is 1. The highest BCUT2D eigenvalue weighted by molar-refractivity contribution is 6.32. The van der Waals surface area contributed by atoms with Gasteiger partial charge in [-0.25, -0.2) is 14.3 Å². The molecule has 0 bridgehead atoms. The fraction of sp³-hybridized carbons (Fsp3) is 0.273. The molecule has 0 atom stereocenters. The highest BCUT2D eigenvalue weighted by atomic mass is 35.5. The lowest BCUT2D eigenvalue weighted by atomic mass is 10.4. The van der Waals surface area contributed by atoms with Crippen molar-refractivity contribution < 1.29 is 19.3 Å². The monoisotopic (exact) mass is 298 g/mol. The third-order valence-electron chi connectivity index (χ3n) is 2.30. The Morgan fingerprint density at radius 2 is 2.35 bits per heavy atom. The number of carbonyl (C=O) groups excluding carboxylic acids is 1. The number of rotatable bonds is 6. The number of hydrogen-bond donors (Lipinski definition) is 1. The predicted molar refractivity (Wildman–Crippen MR) is 68.6 cm³/mol. The Morgan fingerprint density at radius 3 is 3.05 bits per heavy atom. The van der Waals surface area contributed by atoms with Gasteiger partial charge in [0.05, 0.1) is 6.61 Å². The molecule has 0 unspecified atom stereocenters. The van der Waals surface area contributed by atoms with Crippen LogP contribution in [0.3, 0.4) is 0 Å². The van der Waals surface area contributed by atoms with E-state index in [4.69, 9.17) is 21.7 Å². The van der Waals surface area contributed by atoms with E-state index < -0.39 is 5.97 Å². The van der Waals surface area contributed by atoms with Crippen LogP contribution in [0.1, 0.15) is 23.2 Å². The minimum absolute atomic E-state index is 0.120. The van der Waals surface area contributed by atoms with E-state index in [0.29, 0.717) is 11.9 Å². The molecule has 0 fully saturated rings. The number of carbonyl (C=O) groups is 1. The van der Waals surface area contributed by atoms with Gasteiger partial charge in [-0.3, -0.25) is 5.41 Å². The van der Waals surface area contributed by atoms with Crippen LogP contribution in [-0.2, 0) is 21.1 Å². The summed E-state index contributed by atoms with van der Waals surface area (Å²) in [6, 6.07) is 3.17. The average Bonchev–Trinajstić information content (AvgIpc) is 2.84. The van der Waals surface area contributed by atoms with Crippen molar-refractivity contribution in [2.24, 2.45) is 0 Å². The van der Waals surface area contributed by atoms with Gasteiger partial charge in [0.25, 0.3) is 0 Å². The summed E-state index contributed by atoms with van der Waals surface area (Å²) in [6.45, 7) is 1.85. The zero-order chi connectivity index (χ0) is 14.5. The molecule has 2 aromatic heterocycles. The molecule has 0 aliphatic carbocycles. The van der Waals surface area contributed by atoms with Crippen molar-refractivity contribution in [3.63, 3.8) is 0 Å². The summed E-state index contributed by atoms with van der Waals surface area (Å²) in [4.78, 5) is 24.7. The Labute approximate surface area is 118 Å². The zero-order valence-electron chi connectivity index (χ0n) is 10.5. The van der Waals surface area contributed by atoms with E-state index >= 15 is 0 Å². The molecule has 9 heteroatoms. The van der Waals surface area contributed by atoms with Crippen molar-refractivity contribution in [2.75, 3.05) is 6.61 Å². The summed E-state index contributed by atoms with van der Waals surface area (Å²) in [6.07, 6.45) is 0.625. The second-order valence-corrected chi connectivity index (χ2v) is 3.89. The third-order valence-corrected chi connectivity index (χ3v) is 2.58. The largest absolute Gasteiger partial charge is 0.461 e. The number of aromatic nitrogens is 3. The van der Waals surface area contributed by atoms with Gasteiger partial charge in [0.2, 0.25) is 6.40 Å². The molecule has 106 valence electrons. The second-order valence-electron chi connectivity index (χ2n) is 3.53. The molecule has 20 heavy (non-hydrogen) atoms. The summed E-state index contributed by atoms with van der Waals surface area (Å²) in [5, 5.41) is 10.9. The maximum absolute atomic E-state index is 11.8. The van der Waals surface area contributed by atoms with Gasteiger partial charge in [0.15, 0.2) is 23.3 Å². The molecule has 1 N–H and O–H groups in total. The fourth-order valence-corrected chi connectivity index (χ4v) is 1.78. The first-order chi connectivity index (χ1) is 9.67. The number of halogens is 1. The number of nitrogens with zero attached hydrogens (tertiary/aromatic N) is 3. The van der Waals surface area contributed by atoms with Crippen molar-refractivity contribution in [1.29, 1.82) is 5.41 Å². The van der Waals surface area contributed by atoms with Crippen molar-refractivity contribution in [1.82, 2.24) is 14.6 Å². The minimum atomic E-state index is -0.509. The summed E-state index contributed by atoms with van der Waals surface area (Å²) >= 11 is 6.00. The van der Waals surface area contributed by atoms with Crippen LogP contribution in [-0.4, -0.2) is 33.6 Å². The number of ether oxygens (including phenoxy) is 1. The SMILES string of the molecule is CCOC(=O)c1ccc2c(Cl)nc(COOC=N)nn12. The normalized spacial score (nSPS) is 10.5. The van der Waals surface area contributed by atoms with Crippen molar-refractivity contribution in [3.05, 3.63) is 28.8 Å². The van der Waals surface area contributed by atoms with Crippen molar-refractivity contribution in [2.45, 2.75) is 13.5 Å². The summed E-state index contributed by atoms with van der Waals surface area (Å²) in [7, 11) is 0. The van der Waals surface area contributed by atoms with Gasteiger partial charge < -0.3 is 9.62 Å². The Morgan fingerprint density at radius 1 is 1.55 bits per heavy atom. The van der Waals surface area contributed by atoms with Crippen molar-refractivity contribution in [3.8, 4) is 0 Å². The van der Waals surface area contributed by atoms with E-state index in [1.165, 1.54) is 4.52 Å². The van der Waals surface area contributed by atoms with Gasteiger partial charge in [0.1, 0.15) is 5.52 Å². The van der Waals surface area contributed by atoms with Crippen molar-refractivity contribution >= 4 is 29.5 Å². The first kappa shape index (κ1) is 14.2. The van der Waals surface area contributed by atoms with Crippen LogP contribution in [0.4, 0.5) is 0 Å². The topological polar surface area (TPSA) is 98.8 Å². The van der Waals surface area contributed by atoms with Crippen LogP contribution < -0.4 is 0 Å². The summed E-state index contributed by atoms with van der Waals surface area (Å²) in [5.74, 6) is -0.309. The lowest BCUT2D eigenvalue weighted by Crippen LogP contribution is -2.12. The second kappa shape index (κ2) is 6.31. The fourth-order valence-electron chi connectivity index (χ4n) is 1.54.